The molecule has 0 fully saturated rings. The van der Waals surface area contributed by atoms with Crippen molar-refractivity contribution in [2.24, 2.45) is 5.92 Å². The maximum absolute atomic E-state index is 13.0. The van der Waals surface area contributed by atoms with Crippen molar-refractivity contribution in [3.63, 3.8) is 0 Å². The molecule has 0 bridgehead atoms. The van der Waals surface area contributed by atoms with E-state index in [9.17, 15) is 13.2 Å². The maximum atomic E-state index is 13.0. The van der Waals surface area contributed by atoms with E-state index in [1.165, 1.54) is 10.2 Å². The summed E-state index contributed by atoms with van der Waals surface area (Å²) in [6, 6.07) is 13.4. The highest BCUT2D eigenvalue weighted by Gasteiger charge is 2.24. The largest absolute Gasteiger partial charge is 0.293 e. The molecule has 0 aliphatic carbocycles. The van der Waals surface area contributed by atoms with E-state index in [0.29, 0.717) is 22.9 Å². The molecule has 0 aliphatic heterocycles. The van der Waals surface area contributed by atoms with Gasteiger partial charge < -0.3 is 0 Å². The van der Waals surface area contributed by atoms with Crippen LogP contribution in [-0.2, 0) is 10.0 Å². The lowest BCUT2D eigenvalue weighted by molar-refractivity contribution is 0.0983. The molecule has 2 aromatic carbocycles. The van der Waals surface area contributed by atoms with Crippen molar-refractivity contribution in [3.05, 3.63) is 65.9 Å². The van der Waals surface area contributed by atoms with Gasteiger partial charge in [-0.1, -0.05) is 31.5 Å². The summed E-state index contributed by atoms with van der Waals surface area (Å²) in [5.74, 6) is 0.176. The molecule has 0 radical (unpaired) electrons. The maximum Gasteiger partial charge on any atom is 0.268 e. The number of aryl methyl sites for hydroxylation is 1. The van der Waals surface area contributed by atoms with Crippen molar-refractivity contribution in [1.29, 1.82) is 5.26 Å². The zero-order chi connectivity index (χ0) is 21.2. The summed E-state index contributed by atoms with van der Waals surface area (Å²) in [6.45, 7) is 5.92. The third kappa shape index (κ3) is 4.39. The van der Waals surface area contributed by atoms with Crippen LogP contribution in [0.2, 0.25) is 0 Å². The van der Waals surface area contributed by atoms with E-state index >= 15 is 0 Å². The summed E-state index contributed by atoms with van der Waals surface area (Å²) in [5.41, 5.74) is 1.97. The van der Waals surface area contributed by atoms with Crippen molar-refractivity contribution < 1.29 is 13.2 Å². The fourth-order valence-electron chi connectivity index (χ4n) is 3.19. The highest BCUT2D eigenvalue weighted by Crippen LogP contribution is 2.27. The molecule has 150 valence electrons. The van der Waals surface area contributed by atoms with Crippen molar-refractivity contribution in [2.75, 3.05) is 0 Å². The van der Waals surface area contributed by atoms with Crippen molar-refractivity contribution in [2.45, 2.75) is 37.3 Å². The standard InChI is InChI=1S/C22H22N2O3S2/c1-15(2)12-21(28-14-23)22(25)18-6-9-20-17(13-18)10-11-24(20)29(26,27)19-7-4-16(3)5-8-19/h4-11,13,15,21H,12H2,1-3H3. The van der Waals surface area contributed by atoms with Gasteiger partial charge in [0.25, 0.3) is 10.0 Å². The zero-order valence-corrected chi connectivity index (χ0v) is 18.1. The number of carbonyl (C=O) groups excluding carboxylic acids is 1. The Hall–Kier alpha value is -2.56. The van der Waals surface area contributed by atoms with Gasteiger partial charge in [-0.3, -0.25) is 4.79 Å². The highest BCUT2D eigenvalue weighted by molar-refractivity contribution is 8.05. The molecular formula is C22H22N2O3S2. The number of carbonyl (C=O) groups is 1. The molecule has 3 rings (SSSR count). The average molecular weight is 427 g/mol. The fourth-order valence-corrected chi connectivity index (χ4v) is 5.39. The van der Waals surface area contributed by atoms with Crippen LogP contribution in [0.3, 0.4) is 0 Å². The Bertz CT molecular complexity index is 1190. The van der Waals surface area contributed by atoms with E-state index in [1.807, 2.05) is 26.2 Å². The minimum Gasteiger partial charge on any atom is -0.293 e. The Labute approximate surface area is 175 Å². The van der Waals surface area contributed by atoms with Gasteiger partial charge in [-0.05, 0) is 67.4 Å². The molecule has 0 amide bonds. The Balaban J connectivity index is 1.99. The van der Waals surface area contributed by atoms with Crippen LogP contribution in [-0.4, -0.2) is 23.4 Å². The molecule has 7 heteroatoms. The van der Waals surface area contributed by atoms with Crippen LogP contribution in [0.1, 0.15) is 36.2 Å². The van der Waals surface area contributed by atoms with Gasteiger partial charge in [0.05, 0.1) is 15.7 Å². The Morgan fingerprint density at radius 3 is 2.45 bits per heavy atom. The van der Waals surface area contributed by atoms with E-state index in [0.717, 1.165) is 17.3 Å². The second-order valence-corrected chi connectivity index (χ2v) is 10.2. The van der Waals surface area contributed by atoms with Gasteiger partial charge in [-0.2, -0.15) is 5.26 Å². The van der Waals surface area contributed by atoms with Crippen molar-refractivity contribution >= 4 is 38.5 Å². The van der Waals surface area contributed by atoms with Crippen molar-refractivity contribution in [3.8, 4) is 5.40 Å². The fraction of sp³-hybridized carbons (Fsp3) is 0.273. The minimum atomic E-state index is -3.73. The van der Waals surface area contributed by atoms with Crippen molar-refractivity contribution in [1.82, 2.24) is 3.97 Å². The molecule has 0 saturated heterocycles. The Kier molecular flexibility index (Phi) is 6.15. The average Bonchev–Trinajstić information content (AvgIpc) is 3.11. The third-order valence-electron chi connectivity index (χ3n) is 4.69. The number of thioether (sulfide) groups is 1. The first-order valence-corrected chi connectivity index (χ1v) is 11.6. The van der Waals surface area contributed by atoms with Crippen LogP contribution < -0.4 is 0 Å². The molecule has 1 atom stereocenters. The van der Waals surface area contributed by atoms with Crippen LogP contribution in [0.25, 0.3) is 10.9 Å². The number of thiocyanates is 1. The number of ketones is 1. The number of nitriles is 1. The molecule has 5 nitrogen and oxygen atoms in total. The number of benzene rings is 2. The molecule has 29 heavy (non-hydrogen) atoms. The molecule has 1 unspecified atom stereocenters. The molecule has 0 aliphatic rings. The quantitative estimate of drug-likeness (QED) is 0.392. The predicted octanol–water partition coefficient (Wildman–Crippen LogP) is 5.00. The van der Waals surface area contributed by atoms with E-state index < -0.39 is 15.3 Å². The summed E-state index contributed by atoms with van der Waals surface area (Å²) in [6.07, 6.45) is 2.11. The summed E-state index contributed by atoms with van der Waals surface area (Å²) in [7, 11) is -3.73. The molecule has 3 aromatic rings. The number of aromatic nitrogens is 1. The first-order valence-electron chi connectivity index (χ1n) is 9.26. The zero-order valence-electron chi connectivity index (χ0n) is 16.5. The molecule has 1 heterocycles. The Morgan fingerprint density at radius 2 is 1.83 bits per heavy atom. The Morgan fingerprint density at radius 1 is 1.14 bits per heavy atom. The molecule has 0 spiro atoms. The summed E-state index contributed by atoms with van der Waals surface area (Å²) in [4.78, 5) is 13.1. The summed E-state index contributed by atoms with van der Waals surface area (Å²) >= 11 is 0.976. The van der Waals surface area contributed by atoms with Crippen LogP contribution in [0.5, 0.6) is 0 Å². The van der Waals surface area contributed by atoms with Gasteiger partial charge in [0.15, 0.2) is 5.78 Å². The van der Waals surface area contributed by atoms with Crippen LogP contribution >= 0.6 is 11.8 Å². The monoisotopic (exact) mass is 426 g/mol. The number of nitrogens with zero attached hydrogens (tertiary/aromatic N) is 2. The van der Waals surface area contributed by atoms with E-state index in [2.05, 4.69) is 0 Å². The number of hydrogen-bond acceptors (Lipinski definition) is 5. The molecular weight excluding hydrogens is 404 g/mol. The normalized spacial score (nSPS) is 12.8. The smallest absolute Gasteiger partial charge is 0.268 e. The molecule has 0 saturated carbocycles. The highest BCUT2D eigenvalue weighted by atomic mass is 32.2. The SMILES string of the molecule is Cc1ccc(S(=O)(=O)n2ccc3cc(C(=O)C(CC(C)C)SC#N)ccc32)cc1. The summed E-state index contributed by atoms with van der Waals surface area (Å²) < 4.78 is 27.3. The van der Waals surface area contributed by atoms with Gasteiger partial charge in [-0.15, -0.1) is 0 Å². The summed E-state index contributed by atoms with van der Waals surface area (Å²) in [5, 5.41) is 11.3. The lowest BCUT2D eigenvalue weighted by atomic mass is 10.00. The number of hydrogen-bond donors (Lipinski definition) is 0. The third-order valence-corrected chi connectivity index (χ3v) is 7.19. The topological polar surface area (TPSA) is 79.9 Å². The van der Waals surface area contributed by atoms with Crippen LogP contribution in [0.4, 0.5) is 0 Å². The van der Waals surface area contributed by atoms with E-state index in [4.69, 9.17) is 5.26 Å². The van der Waals surface area contributed by atoms with E-state index in [1.54, 1.807) is 48.5 Å². The van der Waals surface area contributed by atoms with Gasteiger partial charge in [0, 0.05) is 17.1 Å². The lowest BCUT2D eigenvalue weighted by Crippen LogP contribution is -2.19. The van der Waals surface area contributed by atoms with Gasteiger partial charge in [-0.25, -0.2) is 12.4 Å². The predicted molar refractivity (Wildman–Crippen MR) is 116 cm³/mol. The number of fused-ring (bicyclic) bond motifs is 1. The van der Waals surface area contributed by atoms with Gasteiger partial charge >= 0.3 is 0 Å². The van der Waals surface area contributed by atoms with Crippen LogP contribution in [0, 0.1) is 23.5 Å². The second kappa shape index (κ2) is 8.44. The van der Waals surface area contributed by atoms with E-state index in [-0.39, 0.29) is 16.6 Å². The first kappa shape index (κ1) is 21.2. The first-order chi connectivity index (χ1) is 13.7. The van der Waals surface area contributed by atoms with Gasteiger partial charge in [0.2, 0.25) is 0 Å². The number of Topliss-reactive ketones (excluding diaryl/α,β-unsaturated/α-hetero) is 1. The lowest BCUT2D eigenvalue weighted by Gasteiger charge is -2.14. The van der Waals surface area contributed by atoms with Crippen LogP contribution in [0.15, 0.2) is 59.6 Å². The number of rotatable bonds is 7. The molecule has 0 N–H and O–H groups in total. The van der Waals surface area contributed by atoms with Gasteiger partial charge in [0.1, 0.15) is 5.40 Å². The second-order valence-electron chi connectivity index (χ2n) is 7.39. The minimum absolute atomic E-state index is 0.110. The molecule has 1 aromatic heterocycles.